The molecule has 3 aromatic rings. The van der Waals surface area contributed by atoms with Gasteiger partial charge in [-0.05, 0) is 61.5 Å². The molecule has 0 aromatic heterocycles. The zero-order chi connectivity index (χ0) is 24.8. The zero-order valence-corrected chi connectivity index (χ0v) is 19.4. The minimum absolute atomic E-state index is 0.0206. The van der Waals surface area contributed by atoms with E-state index in [0.29, 0.717) is 43.0 Å². The second-order valence-corrected chi connectivity index (χ2v) is 8.06. The molecule has 8 heteroatoms. The second-order valence-electron chi connectivity index (χ2n) is 8.06. The molecule has 35 heavy (non-hydrogen) atoms. The van der Waals surface area contributed by atoms with E-state index in [-0.39, 0.29) is 18.1 Å². The lowest BCUT2D eigenvalue weighted by Gasteiger charge is -2.37. The summed E-state index contributed by atoms with van der Waals surface area (Å²) in [5.41, 5.74) is 2.40. The molecule has 1 heterocycles. The number of esters is 1. The quantitative estimate of drug-likeness (QED) is 0.540. The number of halogens is 1. The van der Waals surface area contributed by atoms with Gasteiger partial charge < -0.3 is 19.9 Å². The predicted molar refractivity (Wildman–Crippen MR) is 131 cm³/mol. The fourth-order valence-corrected chi connectivity index (χ4v) is 3.96. The Bertz CT molecular complexity index is 1210. The Hall–Kier alpha value is -4.20. The van der Waals surface area contributed by atoms with E-state index in [9.17, 15) is 18.8 Å². The van der Waals surface area contributed by atoms with Crippen LogP contribution in [0.2, 0.25) is 0 Å². The van der Waals surface area contributed by atoms with E-state index in [1.54, 1.807) is 42.2 Å². The maximum absolute atomic E-state index is 13.3. The first-order valence-corrected chi connectivity index (χ1v) is 11.4. The average molecular weight is 476 g/mol. The van der Waals surface area contributed by atoms with E-state index >= 15 is 0 Å². The topological polar surface area (TPSA) is 79.0 Å². The van der Waals surface area contributed by atoms with Crippen LogP contribution in [-0.4, -0.2) is 55.5 Å². The number of piperazine rings is 1. The lowest BCUT2D eigenvalue weighted by molar-refractivity contribution is 0.0526. The third-order valence-electron chi connectivity index (χ3n) is 5.79. The number of benzene rings is 3. The molecule has 1 aliphatic rings. The van der Waals surface area contributed by atoms with Gasteiger partial charge in [-0.2, -0.15) is 0 Å². The van der Waals surface area contributed by atoms with Gasteiger partial charge in [-0.15, -0.1) is 0 Å². The smallest absolute Gasteiger partial charge is 0.338 e. The van der Waals surface area contributed by atoms with E-state index in [1.165, 1.54) is 24.3 Å². The highest BCUT2D eigenvalue weighted by molar-refractivity contribution is 6.07. The number of hydrogen-bond acceptors (Lipinski definition) is 5. The van der Waals surface area contributed by atoms with Crippen molar-refractivity contribution >= 4 is 29.2 Å². The maximum atomic E-state index is 13.3. The highest BCUT2D eigenvalue weighted by atomic mass is 19.1. The normalized spacial score (nSPS) is 13.3. The van der Waals surface area contributed by atoms with Crippen molar-refractivity contribution in [3.63, 3.8) is 0 Å². The third kappa shape index (κ3) is 5.66. The van der Waals surface area contributed by atoms with Crippen LogP contribution in [-0.2, 0) is 4.74 Å². The van der Waals surface area contributed by atoms with Crippen molar-refractivity contribution < 1.29 is 23.5 Å². The number of carbonyl (C=O) groups excluding carboxylic acids is 3. The Balaban J connectivity index is 1.54. The van der Waals surface area contributed by atoms with Gasteiger partial charge in [0.2, 0.25) is 0 Å². The molecule has 3 aromatic carbocycles. The predicted octanol–water partition coefficient (Wildman–Crippen LogP) is 4.22. The summed E-state index contributed by atoms with van der Waals surface area (Å²) in [7, 11) is 0. The molecule has 180 valence electrons. The Kier molecular flexibility index (Phi) is 7.40. The molecule has 0 aliphatic carbocycles. The fourth-order valence-electron chi connectivity index (χ4n) is 3.96. The molecule has 1 N–H and O–H groups in total. The Morgan fingerprint density at radius 1 is 0.857 bits per heavy atom. The van der Waals surface area contributed by atoms with Crippen molar-refractivity contribution in [1.29, 1.82) is 0 Å². The van der Waals surface area contributed by atoms with Crippen LogP contribution in [0.4, 0.5) is 15.8 Å². The number of amides is 2. The number of rotatable bonds is 6. The Morgan fingerprint density at radius 2 is 1.51 bits per heavy atom. The summed E-state index contributed by atoms with van der Waals surface area (Å²) in [6.45, 7) is 4.08. The van der Waals surface area contributed by atoms with E-state index in [2.05, 4.69) is 10.2 Å². The van der Waals surface area contributed by atoms with Crippen molar-refractivity contribution in [2.75, 3.05) is 43.0 Å². The van der Waals surface area contributed by atoms with Gasteiger partial charge in [0.05, 0.1) is 23.5 Å². The first-order chi connectivity index (χ1) is 17.0. The number of hydrogen-bond donors (Lipinski definition) is 1. The maximum Gasteiger partial charge on any atom is 0.338 e. The van der Waals surface area contributed by atoms with E-state index in [4.69, 9.17) is 4.74 Å². The third-order valence-corrected chi connectivity index (χ3v) is 5.79. The molecule has 4 rings (SSSR count). The van der Waals surface area contributed by atoms with Crippen molar-refractivity contribution in [2.24, 2.45) is 0 Å². The van der Waals surface area contributed by atoms with Gasteiger partial charge in [0.1, 0.15) is 5.82 Å². The first-order valence-electron chi connectivity index (χ1n) is 11.4. The van der Waals surface area contributed by atoms with Crippen LogP contribution >= 0.6 is 0 Å². The van der Waals surface area contributed by atoms with Crippen LogP contribution in [0.25, 0.3) is 0 Å². The largest absolute Gasteiger partial charge is 0.462 e. The van der Waals surface area contributed by atoms with Crippen LogP contribution in [0.5, 0.6) is 0 Å². The lowest BCUT2D eigenvalue weighted by Crippen LogP contribution is -2.49. The van der Waals surface area contributed by atoms with Crippen molar-refractivity contribution in [3.8, 4) is 0 Å². The van der Waals surface area contributed by atoms with Crippen molar-refractivity contribution in [3.05, 3.63) is 95.3 Å². The number of nitrogens with one attached hydrogen (secondary N) is 1. The molecule has 0 saturated carbocycles. The molecular weight excluding hydrogens is 449 g/mol. The minimum atomic E-state index is -0.491. The standard InChI is InChI=1S/C27H26FN3O4/c1-2-35-27(34)21-10-13-24(23(18-21)29-25(32)19-8-11-22(28)12-9-19)30-14-16-31(17-15-30)26(33)20-6-4-3-5-7-20/h3-13,18H,2,14-17H2,1H3,(H,29,32). The molecule has 1 aliphatic heterocycles. The highest BCUT2D eigenvalue weighted by Crippen LogP contribution is 2.29. The monoisotopic (exact) mass is 475 g/mol. The Morgan fingerprint density at radius 3 is 2.17 bits per heavy atom. The zero-order valence-electron chi connectivity index (χ0n) is 19.4. The van der Waals surface area contributed by atoms with Gasteiger partial charge in [0.25, 0.3) is 11.8 Å². The molecule has 1 fully saturated rings. The van der Waals surface area contributed by atoms with Crippen LogP contribution in [0.3, 0.4) is 0 Å². The van der Waals surface area contributed by atoms with Gasteiger partial charge in [0, 0.05) is 37.3 Å². The summed E-state index contributed by atoms with van der Waals surface area (Å²) < 4.78 is 18.4. The van der Waals surface area contributed by atoms with Gasteiger partial charge in [-0.1, -0.05) is 18.2 Å². The van der Waals surface area contributed by atoms with Gasteiger partial charge in [-0.3, -0.25) is 9.59 Å². The van der Waals surface area contributed by atoms with Crippen LogP contribution in [0, 0.1) is 5.82 Å². The summed E-state index contributed by atoms with van der Waals surface area (Å²) >= 11 is 0. The molecule has 7 nitrogen and oxygen atoms in total. The summed E-state index contributed by atoms with van der Waals surface area (Å²) in [4.78, 5) is 41.8. The van der Waals surface area contributed by atoms with Gasteiger partial charge in [0.15, 0.2) is 0 Å². The molecule has 0 spiro atoms. The number of carbonyl (C=O) groups is 3. The average Bonchev–Trinajstić information content (AvgIpc) is 2.89. The summed E-state index contributed by atoms with van der Waals surface area (Å²) in [6.07, 6.45) is 0. The summed E-state index contributed by atoms with van der Waals surface area (Å²) in [5, 5.41) is 2.85. The molecule has 0 radical (unpaired) electrons. The van der Waals surface area contributed by atoms with E-state index in [0.717, 1.165) is 5.69 Å². The summed E-state index contributed by atoms with van der Waals surface area (Å²) in [5.74, 6) is -1.37. The number of nitrogens with zero attached hydrogens (tertiary/aromatic N) is 2. The molecule has 0 atom stereocenters. The SMILES string of the molecule is CCOC(=O)c1ccc(N2CCN(C(=O)c3ccccc3)CC2)c(NC(=O)c2ccc(F)cc2)c1. The van der Waals surface area contributed by atoms with Crippen LogP contribution in [0.15, 0.2) is 72.8 Å². The van der Waals surface area contributed by atoms with Crippen LogP contribution in [0.1, 0.15) is 38.0 Å². The van der Waals surface area contributed by atoms with Crippen LogP contribution < -0.4 is 10.2 Å². The van der Waals surface area contributed by atoms with Gasteiger partial charge >= 0.3 is 5.97 Å². The molecule has 2 amide bonds. The van der Waals surface area contributed by atoms with E-state index < -0.39 is 17.7 Å². The lowest BCUT2D eigenvalue weighted by atomic mass is 10.1. The minimum Gasteiger partial charge on any atom is -0.462 e. The molecule has 0 bridgehead atoms. The highest BCUT2D eigenvalue weighted by Gasteiger charge is 2.25. The molecular formula is C27H26FN3O4. The molecule has 1 saturated heterocycles. The number of anilines is 2. The van der Waals surface area contributed by atoms with Crippen molar-refractivity contribution in [2.45, 2.75) is 6.92 Å². The Labute approximate surface area is 203 Å². The first kappa shape index (κ1) is 23.9. The molecule has 0 unspecified atom stereocenters. The summed E-state index contributed by atoms with van der Waals surface area (Å²) in [6, 6.07) is 19.4. The fraction of sp³-hybridized carbons (Fsp3) is 0.222. The van der Waals surface area contributed by atoms with E-state index in [1.807, 2.05) is 18.2 Å². The van der Waals surface area contributed by atoms with Crippen molar-refractivity contribution in [1.82, 2.24) is 4.90 Å². The van der Waals surface area contributed by atoms with Gasteiger partial charge in [-0.25, -0.2) is 9.18 Å². The number of ether oxygens (including phenoxy) is 1. The second kappa shape index (κ2) is 10.8.